The number of benzene rings is 1. The Morgan fingerprint density at radius 2 is 2.10 bits per heavy atom. The fraction of sp³-hybridized carbons (Fsp3) is 0.467. The molecular weight excluding hydrogens is 272 g/mol. The Hall–Kier alpha value is -1.46. The van der Waals surface area contributed by atoms with E-state index in [9.17, 15) is 4.79 Å². The van der Waals surface area contributed by atoms with Crippen LogP contribution in [0.3, 0.4) is 0 Å². The molecule has 1 saturated heterocycles. The van der Waals surface area contributed by atoms with E-state index >= 15 is 0 Å². The quantitative estimate of drug-likeness (QED) is 0.845. The second-order valence-corrected chi connectivity index (χ2v) is 5.66. The van der Waals surface area contributed by atoms with Gasteiger partial charge in [-0.05, 0) is 44.1 Å². The smallest absolute Gasteiger partial charge is 0.251 e. The van der Waals surface area contributed by atoms with Crippen LogP contribution in [-0.2, 0) is 22.7 Å². The van der Waals surface area contributed by atoms with Crippen molar-refractivity contribution >= 4 is 23.2 Å². The molecule has 1 aliphatic heterocycles. The van der Waals surface area contributed by atoms with E-state index in [2.05, 4.69) is 11.4 Å². The first-order valence-corrected chi connectivity index (χ1v) is 7.19. The van der Waals surface area contributed by atoms with Crippen LogP contribution in [0.5, 0.6) is 0 Å². The molecule has 1 aliphatic rings. The normalized spacial score (nSPS) is 18.8. The summed E-state index contributed by atoms with van der Waals surface area (Å²) < 4.78 is 5.59. The van der Waals surface area contributed by atoms with Crippen molar-refractivity contribution in [1.29, 1.82) is 0 Å². The molecule has 0 aliphatic carbocycles. The number of amides is 1. The average molecular weight is 292 g/mol. The highest BCUT2D eigenvalue weighted by atomic mass is 32.1. The van der Waals surface area contributed by atoms with E-state index < -0.39 is 0 Å². The minimum Gasteiger partial charge on any atom is -0.374 e. The van der Waals surface area contributed by atoms with Crippen molar-refractivity contribution in [3.05, 3.63) is 35.4 Å². The van der Waals surface area contributed by atoms with Crippen molar-refractivity contribution in [2.75, 3.05) is 0 Å². The SMILES string of the molecule is CC(C)OCc1cccc(CN2C(=O)C(C)NC2=S)c1. The summed E-state index contributed by atoms with van der Waals surface area (Å²) in [5, 5.41) is 3.48. The highest BCUT2D eigenvalue weighted by molar-refractivity contribution is 7.80. The molecule has 0 radical (unpaired) electrons. The van der Waals surface area contributed by atoms with Gasteiger partial charge in [0.05, 0.1) is 19.3 Å². The number of rotatable bonds is 5. The lowest BCUT2D eigenvalue weighted by Crippen LogP contribution is -2.30. The summed E-state index contributed by atoms with van der Waals surface area (Å²) in [5.74, 6) is 0.0267. The molecule has 1 heterocycles. The molecule has 0 spiro atoms. The number of thiocarbonyl (C=S) groups is 1. The number of nitrogens with zero attached hydrogens (tertiary/aromatic N) is 1. The van der Waals surface area contributed by atoms with Crippen LogP contribution in [0.1, 0.15) is 31.9 Å². The lowest BCUT2D eigenvalue weighted by Gasteiger charge is -2.15. The van der Waals surface area contributed by atoms with Gasteiger partial charge in [-0.1, -0.05) is 24.3 Å². The van der Waals surface area contributed by atoms with Crippen LogP contribution in [0, 0.1) is 0 Å². The zero-order chi connectivity index (χ0) is 14.7. The molecule has 1 aromatic rings. The first kappa shape index (κ1) is 14.9. The second-order valence-electron chi connectivity index (χ2n) is 5.28. The first-order valence-electron chi connectivity index (χ1n) is 6.78. The molecule has 1 N–H and O–H groups in total. The summed E-state index contributed by atoms with van der Waals surface area (Å²) in [7, 11) is 0. The first-order chi connectivity index (χ1) is 9.47. The molecule has 108 valence electrons. The van der Waals surface area contributed by atoms with Gasteiger partial charge >= 0.3 is 0 Å². The van der Waals surface area contributed by atoms with Crippen molar-refractivity contribution in [2.45, 2.75) is 46.1 Å². The summed E-state index contributed by atoms with van der Waals surface area (Å²) in [4.78, 5) is 13.6. The van der Waals surface area contributed by atoms with Crippen LogP contribution < -0.4 is 5.32 Å². The molecule has 1 amide bonds. The molecule has 1 unspecified atom stereocenters. The highest BCUT2D eigenvalue weighted by Gasteiger charge is 2.31. The van der Waals surface area contributed by atoms with E-state index in [-0.39, 0.29) is 18.1 Å². The van der Waals surface area contributed by atoms with Gasteiger partial charge in [-0.2, -0.15) is 0 Å². The van der Waals surface area contributed by atoms with Crippen LogP contribution in [0.4, 0.5) is 0 Å². The van der Waals surface area contributed by atoms with Gasteiger partial charge in [0, 0.05) is 0 Å². The fourth-order valence-electron chi connectivity index (χ4n) is 2.07. The Morgan fingerprint density at radius 3 is 2.70 bits per heavy atom. The molecule has 2 rings (SSSR count). The van der Waals surface area contributed by atoms with Crippen LogP contribution in [-0.4, -0.2) is 28.1 Å². The van der Waals surface area contributed by atoms with Crippen molar-refractivity contribution < 1.29 is 9.53 Å². The van der Waals surface area contributed by atoms with Crippen molar-refractivity contribution in [2.24, 2.45) is 0 Å². The number of carbonyl (C=O) groups excluding carboxylic acids is 1. The summed E-state index contributed by atoms with van der Waals surface area (Å²) in [6, 6.07) is 7.83. The van der Waals surface area contributed by atoms with Crippen LogP contribution >= 0.6 is 12.2 Å². The summed E-state index contributed by atoms with van der Waals surface area (Å²) in [5.41, 5.74) is 2.16. The van der Waals surface area contributed by atoms with Gasteiger partial charge in [-0.25, -0.2) is 0 Å². The number of hydrogen-bond acceptors (Lipinski definition) is 3. The second kappa shape index (κ2) is 6.33. The van der Waals surface area contributed by atoms with E-state index in [1.807, 2.05) is 39.0 Å². The number of carbonyl (C=O) groups is 1. The van der Waals surface area contributed by atoms with Crippen LogP contribution in [0.25, 0.3) is 0 Å². The third-order valence-corrected chi connectivity index (χ3v) is 3.48. The zero-order valence-corrected chi connectivity index (χ0v) is 12.9. The molecule has 0 bridgehead atoms. The van der Waals surface area contributed by atoms with Gasteiger partial charge in [-0.15, -0.1) is 0 Å². The lowest BCUT2D eigenvalue weighted by molar-refractivity contribution is -0.127. The van der Waals surface area contributed by atoms with Gasteiger partial charge < -0.3 is 10.1 Å². The maximum Gasteiger partial charge on any atom is 0.251 e. The Morgan fingerprint density at radius 1 is 1.40 bits per heavy atom. The summed E-state index contributed by atoms with van der Waals surface area (Å²) in [6.45, 7) is 6.93. The number of ether oxygens (including phenoxy) is 1. The summed E-state index contributed by atoms with van der Waals surface area (Å²) in [6.07, 6.45) is 0.205. The Labute approximate surface area is 125 Å². The Balaban J connectivity index is 2.04. The van der Waals surface area contributed by atoms with E-state index in [0.29, 0.717) is 18.3 Å². The van der Waals surface area contributed by atoms with Crippen molar-refractivity contribution in [3.8, 4) is 0 Å². The van der Waals surface area contributed by atoms with Gasteiger partial charge in [0.2, 0.25) is 0 Å². The molecule has 1 atom stereocenters. The maximum atomic E-state index is 12.0. The van der Waals surface area contributed by atoms with Crippen LogP contribution in [0.2, 0.25) is 0 Å². The Kier molecular flexibility index (Phi) is 4.73. The largest absolute Gasteiger partial charge is 0.374 e. The predicted molar refractivity (Wildman–Crippen MR) is 82.1 cm³/mol. The molecule has 0 saturated carbocycles. The molecule has 4 nitrogen and oxygen atoms in total. The third-order valence-electron chi connectivity index (χ3n) is 3.14. The molecule has 0 aromatic heterocycles. The average Bonchev–Trinajstić information content (AvgIpc) is 2.64. The zero-order valence-electron chi connectivity index (χ0n) is 12.1. The maximum absolute atomic E-state index is 12.0. The topological polar surface area (TPSA) is 41.6 Å². The molecule has 20 heavy (non-hydrogen) atoms. The predicted octanol–water partition coefficient (Wildman–Crippen LogP) is 2.22. The standard InChI is InChI=1S/C15H20N2O2S/c1-10(2)19-9-13-6-4-5-12(7-13)8-17-14(18)11(3)16-15(17)20/h4-7,10-11H,8-9H2,1-3H3,(H,16,20). The van der Waals surface area contributed by atoms with Gasteiger partial charge in [-0.3, -0.25) is 9.69 Å². The lowest BCUT2D eigenvalue weighted by atomic mass is 10.1. The number of hydrogen-bond donors (Lipinski definition) is 1. The van der Waals surface area contributed by atoms with Crippen molar-refractivity contribution in [3.63, 3.8) is 0 Å². The molecule has 1 aromatic carbocycles. The third kappa shape index (κ3) is 3.55. The highest BCUT2D eigenvalue weighted by Crippen LogP contribution is 2.14. The Bertz CT molecular complexity index is 516. The van der Waals surface area contributed by atoms with Gasteiger partial charge in [0.25, 0.3) is 5.91 Å². The molecule has 1 fully saturated rings. The van der Waals surface area contributed by atoms with Crippen molar-refractivity contribution in [1.82, 2.24) is 10.2 Å². The molecule has 5 heteroatoms. The number of nitrogens with one attached hydrogen (secondary N) is 1. The van der Waals surface area contributed by atoms with E-state index in [0.717, 1.165) is 11.1 Å². The van der Waals surface area contributed by atoms with Gasteiger partial charge in [0.15, 0.2) is 5.11 Å². The van der Waals surface area contributed by atoms with E-state index in [1.165, 1.54) is 0 Å². The molecular formula is C15H20N2O2S. The van der Waals surface area contributed by atoms with Gasteiger partial charge in [0.1, 0.15) is 6.04 Å². The van der Waals surface area contributed by atoms with E-state index in [4.69, 9.17) is 17.0 Å². The fourth-order valence-corrected chi connectivity index (χ4v) is 2.40. The minimum absolute atomic E-state index is 0.0267. The minimum atomic E-state index is -0.227. The van der Waals surface area contributed by atoms with Crippen LogP contribution in [0.15, 0.2) is 24.3 Å². The van der Waals surface area contributed by atoms with E-state index in [1.54, 1.807) is 4.90 Å². The monoisotopic (exact) mass is 292 g/mol. The summed E-state index contributed by atoms with van der Waals surface area (Å²) >= 11 is 5.18.